The number of phenols is 1. The van der Waals surface area contributed by atoms with Crippen LogP contribution >= 0.6 is 0 Å². The Labute approximate surface area is 136 Å². The number of carbonyl (C=O) groups is 1. The van der Waals surface area contributed by atoms with Gasteiger partial charge in [0.05, 0.1) is 0 Å². The zero-order valence-electron chi connectivity index (χ0n) is 12.4. The number of nitrogens with one attached hydrogen (secondary N) is 1. The second-order valence-corrected chi connectivity index (χ2v) is 5.37. The van der Waals surface area contributed by atoms with E-state index < -0.39 is 11.7 Å². The summed E-state index contributed by atoms with van der Waals surface area (Å²) >= 11 is 0. The number of rotatable bonds is 2. The first kappa shape index (κ1) is 14.2. The molecule has 0 aliphatic rings. The summed E-state index contributed by atoms with van der Waals surface area (Å²) in [6.07, 6.45) is 2.73. The molecular weight excluding hydrogens is 309 g/mol. The number of nitrogens with zero attached hydrogens (tertiary/aromatic N) is 2. The Morgan fingerprint density at radius 2 is 1.83 bits per heavy atom. The van der Waals surface area contributed by atoms with Gasteiger partial charge in [-0.1, -0.05) is 24.3 Å². The summed E-state index contributed by atoms with van der Waals surface area (Å²) in [5.74, 6) is -0.668. The number of phenolic OH excluding ortho intramolecular Hbond substituents is 1. The molecule has 0 spiro atoms. The second kappa shape index (κ2) is 5.34. The molecule has 4 aromatic rings. The van der Waals surface area contributed by atoms with Crippen molar-refractivity contribution in [2.45, 2.75) is 0 Å². The van der Waals surface area contributed by atoms with Gasteiger partial charge in [-0.25, -0.2) is 9.37 Å². The molecule has 0 aliphatic carbocycles. The fourth-order valence-electron chi connectivity index (χ4n) is 2.66. The number of imidazole rings is 1. The number of aromatic hydroxyl groups is 1. The van der Waals surface area contributed by atoms with Gasteiger partial charge in [-0.3, -0.25) is 4.79 Å². The van der Waals surface area contributed by atoms with Crippen LogP contribution in [-0.2, 0) is 0 Å². The van der Waals surface area contributed by atoms with E-state index in [4.69, 9.17) is 0 Å². The molecule has 5 nitrogen and oxygen atoms in total. The zero-order valence-corrected chi connectivity index (χ0v) is 12.4. The molecule has 0 fully saturated rings. The van der Waals surface area contributed by atoms with Crippen LogP contribution in [-0.4, -0.2) is 20.4 Å². The van der Waals surface area contributed by atoms with Crippen LogP contribution in [0.4, 0.5) is 10.1 Å². The van der Waals surface area contributed by atoms with Gasteiger partial charge in [0.2, 0.25) is 0 Å². The number of carbonyl (C=O) groups excluding carboxylic acids is 1. The summed E-state index contributed by atoms with van der Waals surface area (Å²) in [6.45, 7) is 0. The third-order valence-corrected chi connectivity index (χ3v) is 3.79. The number of benzene rings is 2. The molecule has 24 heavy (non-hydrogen) atoms. The topological polar surface area (TPSA) is 66.6 Å². The SMILES string of the molecule is O=C(Nc1cccc2c(O)cccc12)c1cn2cc(F)ccc2n1. The first-order chi connectivity index (χ1) is 11.6. The van der Waals surface area contributed by atoms with E-state index in [2.05, 4.69) is 10.3 Å². The monoisotopic (exact) mass is 321 g/mol. The number of pyridine rings is 1. The second-order valence-electron chi connectivity index (χ2n) is 5.37. The maximum absolute atomic E-state index is 13.2. The molecule has 0 bridgehead atoms. The van der Waals surface area contributed by atoms with Crippen molar-refractivity contribution in [3.8, 4) is 5.75 Å². The molecule has 4 rings (SSSR count). The highest BCUT2D eigenvalue weighted by atomic mass is 19.1. The average molecular weight is 321 g/mol. The van der Waals surface area contributed by atoms with Crippen molar-refractivity contribution >= 4 is 28.0 Å². The van der Waals surface area contributed by atoms with Crippen molar-refractivity contribution in [1.29, 1.82) is 0 Å². The van der Waals surface area contributed by atoms with Crippen LogP contribution < -0.4 is 5.32 Å². The fourth-order valence-corrected chi connectivity index (χ4v) is 2.66. The smallest absolute Gasteiger partial charge is 0.275 e. The zero-order chi connectivity index (χ0) is 16.7. The van der Waals surface area contributed by atoms with E-state index in [1.54, 1.807) is 30.3 Å². The van der Waals surface area contributed by atoms with Crippen molar-refractivity contribution in [2.24, 2.45) is 0 Å². The number of fused-ring (bicyclic) bond motifs is 2. The maximum atomic E-state index is 13.2. The van der Waals surface area contributed by atoms with Crippen molar-refractivity contribution in [2.75, 3.05) is 5.32 Å². The van der Waals surface area contributed by atoms with E-state index in [0.29, 0.717) is 16.7 Å². The van der Waals surface area contributed by atoms with Gasteiger partial charge in [-0.15, -0.1) is 0 Å². The Morgan fingerprint density at radius 1 is 1.04 bits per heavy atom. The minimum absolute atomic E-state index is 0.145. The largest absolute Gasteiger partial charge is 0.507 e. The van der Waals surface area contributed by atoms with Crippen molar-refractivity contribution in [1.82, 2.24) is 9.38 Å². The third-order valence-electron chi connectivity index (χ3n) is 3.79. The van der Waals surface area contributed by atoms with Crippen LogP contribution in [0.5, 0.6) is 5.75 Å². The van der Waals surface area contributed by atoms with Gasteiger partial charge >= 0.3 is 0 Å². The fraction of sp³-hybridized carbons (Fsp3) is 0. The molecule has 0 unspecified atom stereocenters. The highest BCUT2D eigenvalue weighted by Crippen LogP contribution is 2.30. The first-order valence-corrected chi connectivity index (χ1v) is 7.28. The summed E-state index contributed by atoms with van der Waals surface area (Å²) in [5, 5.41) is 14.1. The minimum Gasteiger partial charge on any atom is -0.507 e. The number of anilines is 1. The summed E-state index contributed by atoms with van der Waals surface area (Å²) in [7, 11) is 0. The van der Waals surface area contributed by atoms with Crippen molar-refractivity contribution in [3.63, 3.8) is 0 Å². The van der Waals surface area contributed by atoms with Gasteiger partial charge in [-0.2, -0.15) is 0 Å². The molecule has 0 atom stereocenters. The van der Waals surface area contributed by atoms with Crippen LogP contribution in [0.3, 0.4) is 0 Å². The molecule has 1 amide bonds. The summed E-state index contributed by atoms with van der Waals surface area (Å²) in [5.41, 5.74) is 1.23. The van der Waals surface area contributed by atoms with Gasteiger partial charge in [0, 0.05) is 28.9 Å². The normalized spacial score (nSPS) is 11.0. The van der Waals surface area contributed by atoms with Crippen LogP contribution in [0.1, 0.15) is 10.5 Å². The Hall–Kier alpha value is -3.41. The van der Waals surface area contributed by atoms with Gasteiger partial charge < -0.3 is 14.8 Å². The summed E-state index contributed by atoms with van der Waals surface area (Å²) in [4.78, 5) is 16.6. The number of hydrogen-bond donors (Lipinski definition) is 2. The summed E-state index contributed by atoms with van der Waals surface area (Å²) < 4.78 is 14.7. The van der Waals surface area contributed by atoms with Gasteiger partial charge in [0.25, 0.3) is 5.91 Å². The lowest BCUT2D eigenvalue weighted by Crippen LogP contribution is -2.12. The van der Waals surface area contributed by atoms with E-state index >= 15 is 0 Å². The molecule has 0 saturated carbocycles. The van der Waals surface area contributed by atoms with Crippen LogP contribution in [0.15, 0.2) is 60.9 Å². The lowest BCUT2D eigenvalue weighted by Gasteiger charge is -2.08. The Morgan fingerprint density at radius 3 is 2.71 bits per heavy atom. The number of halogens is 1. The quantitative estimate of drug-likeness (QED) is 0.593. The van der Waals surface area contributed by atoms with E-state index in [1.165, 1.54) is 28.9 Å². The number of amides is 1. The molecular formula is C18H12FN3O2. The highest BCUT2D eigenvalue weighted by Gasteiger charge is 2.13. The van der Waals surface area contributed by atoms with E-state index in [1.807, 2.05) is 6.07 Å². The van der Waals surface area contributed by atoms with Gasteiger partial charge in [-0.05, 0) is 24.3 Å². The molecule has 0 saturated heterocycles. The highest BCUT2D eigenvalue weighted by molar-refractivity contribution is 6.09. The number of aromatic nitrogens is 2. The predicted octanol–water partition coefficient (Wildman–Crippen LogP) is 3.58. The molecule has 2 N–H and O–H groups in total. The molecule has 0 radical (unpaired) electrons. The predicted molar refractivity (Wildman–Crippen MR) is 88.7 cm³/mol. The molecule has 6 heteroatoms. The number of hydrogen-bond acceptors (Lipinski definition) is 3. The molecule has 2 heterocycles. The average Bonchev–Trinajstić information content (AvgIpc) is 2.99. The standard InChI is InChI=1S/C18H12FN3O2/c19-11-7-8-17-20-15(10-22(17)9-11)18(24)21-14-5-1-4-13-12(14)3-2-6-16(13)23/h1-10,23H,(H,21,24). The lowest BCUT2D eigenvalue weighted by molar-refractivity contribution is 0.102. The lowest BCUT2D eigenvalue weighted by atomic mass is 10.1. The van der Waals surface area contributed by atoms with E-state index in [0.717, 1.165) is 5.39 Å². The first-order valence-electron chi connectivity index (χ1n) is 7.28. The molecule has 118 valence electrons. The molecule has 0 aliphatic heterocycles. The van der Waals surface area contributed by atoms with E-state index in [-0.39, 0.29) is 11.4 Å². The van der Waals surface area contributed by atoms with Crippen LogP contribution in [0.2, 0.25) is 0 Å². The van der Waals surface area contributed by atoms with Crippen LogP contribution in [0, 0.1) is 5.82 Å². The van der Waals surface area contributed by atoms with Crippen molar-refractivity contribution < 1.29 is 14.3 Å². The Balaban J connectivity index is 1.72. The van der Waals surface area contributed by atoms with Crippen molar-refractivity contribution in [3.05, 3.63) is 72.4 Å². The Kier molecular flexibility index (Phi) is 3.16. The maximum Gasteiger partial charge on any atom is 0.275 e. The van der Waals surface area contributed by atoms with E-state index in [9.17, 15) is 14.3 Å². The molecule has 2 aromatic heterocycles. The molecule has 2 aromatic carbocycles. The summed E-state index contributed by atoms with van der Waals surface area (Å²) in [6, 6.07) is 13.2. The minimum atomic E-state index is -0.407. The Bertz CT molecular complexity index is 1090. The van der Waals surface area contributed by atoms with Crippen LogP contribution in [0.25, 0.3) is 16.4 Å². The van der Waals surface area contributed by atoms with Gasteiger partial charge in [0.15, 0.2) is 0 Å². The van der Waals surface area contributed by atoms with Gasteiger partial charge in [0.1, 0.15) is 22.9 Å². The third kappa shape index (κ3) is 2.34.